The second kappa shape index (κ2) is 19.7. The van der Waals surface area contributed by atoms with E-state index in [9.17, 15) is 9.59 Å². The highest BCUT2D eigenvalue weighted by Crippen LogP contribution is 2.16. The summed E-state index contributed by atoms with van der Waals surface area (Å²) in [6.45, 7) is 4.47. The van der Waals surface area contributed by atoms with E-state index in [1.54, 1.807) is 0 Å². The van der Waals surface area contributed by atoms with Gasteiger partial charge in [-0.3, -0.25) is 9.59 Å². The molecule has 0 saturated heterocycles. The molecule has 2 nitrogen and oxygen atoms in total. The second-order valence-electron chi connectivity index (χ2n) is 7.63. The van der Waals surface area contributed by atoms with Crippen molar-refractivity contribution in [3.8, 4) is 0 Å². The van der Waals surface area contributed by atoms with Crippen molar-refractivity contribution in [3.05, 3.63) is 0 Å². The van der Waals surface area contributed by atoms with Crippen LogP contribution in [0.5, 0.6) is 0 Å². The van der Waals surface area contributed by atoms with Crippen LogP contribution in [0.4, 0.5) is 0 Å². The highest BCUT2D eigenvalue weighted by molar-refractivity contribution is 5.93. The quantitative estimate of drug-likeness (QED) is 0.170. The highest BCUT2D eigenvalue weighted by atomic mass is 16.1. The van der Waals surface area contributed by atoms with Crippen molar-refractivity contribution in [2.24, 2.45) is 5.92 Å². The maximum atomic E-state index is 12.1. The molecule has 0 bridgehead atoms. The second-order valence-corrected chi connectivity index (χ2v) is 7.63. The molecule has 1 unspecified atom stereocenters. The van der Waals surface area contributed by atoms with Crippen molar-refractivity contribution in [1.82, 2.24) is 0 Å². The predicted octanol–water partition coefficient (Wildman–Crippen LogP) is 7.34. The molecule has 1 atom stereocenters. The number of carbonyl (C=O) groups excluding carboxylic acids is 2. The Hall–Kier alpha value is -0.660. The number of ketones is 1. The summed E-state index contributed by atoms with van der Waals surface area (Å²) in [5.74, 6) is -0.325. The van der Waals surface area contributed by atoms with Crippen LogP contribution in [0.25, 0.3) is 0 Å². The molecule has 0 rings (SSSR count). The van der Waals surface area contributed by atoms with Crippen LogP contribution < -0.4 is 0 Å². The first kappa shape index (κ1) is 24.3. The Bertz CT molecular complexity index is 298. The molecule has 1 radical (unpaired) electrons. The van der Waals surface area contributed by atoms with Crippen LogP contribution in [-0.2, 0) is 9.59 Å². The Balaban J connectivity index is 3.53. The number of Topliss-reactive ketones (excluding diaryl/α,β-unsaturated/α-hetero) is 1. The average molecular weight is 352 g/mol. The minimum absolute atomic E-state index is 0.129. The van der Waals surface area contributed by atoms with Gasteiger partial charge in [0, 0.05) is 6.42 Å². The third-order valence-electron chi connectivity index (χ3n) is 5.15. The summed E-state index contributed by atoms with van der Waals surface area (Å²) in [6, 6.07) is 0. The van der Waals surface area contributed by atoms with E-state index in [0.29, 0.717) is 12.8 Å². The monoisotopic (exact) mass is 351 g/mol. The SMILES string of the molecule is CCCCCCCCCCC(=O)C([C]=O)CCCCCCCCCC. The third-order valence-corrected chi connectivity index (χ3v) is 5.15. The molecule has 0 aliphatic rings. The van der Waals surface area contributed by atoms with Crippen LogP contribution in [0.15, 0.2) is 0 Å². The molecule has 0 spiro atoms. The molecule has 0 aromatic carbocycles. The third kappa shape index (κ3) is 16.6. The summed E-state index contributed by atoms with van der Waals surface area (Å²) in [7, 11) is 0. The normalized spacial score (nSPS) is 12.2. The number of hydrogen-bond acceptors (Lipinski definition) is 2. The summed E-state index contributed by atoms with van der Waals surface area (Å²) < 4.78 is 0. The van der Waals surface area contributed by atoms with Crippen LogP contribution in [0.1, 0.15) is 129 Å². The Kier molecular flexibility index (Phi) is 19.1. The van der Waals surface area contributed by atoms with Crippen molar-refractivity contribution in [2.75, 3.05) is 0 Å². The van der Waals surface area contributed by atoms with Crippen LogP contribution >= 0.6 is 0 Å². The first-order valence-electron chi connectivity index (χ1n) is 11.2. The van der Waals surface area contributed by atoms with Crippen molar-refractivity contribution < 1.29 is 9.59 Å². The fourth-order valence-corrected chi connectivity index (χ4v) is 3.38. The summed E-state index contributed by atoms with van der Waals surface area (Å²) in [5, 5.41) is 0. The van der Waals surface area contributed by atoms with Gasteiger partial charge in [0.25, 0.3) is 0 Å². The van der Waals surface area contributed by atoms with Gasteiger partial charge in [0.15, 0.2) is 0 Å². The van der Waals surface area contributed by atoms with Gasteiger partial charge < -0.3 is 0 Å². The molecule has 0 aromatic rings. The van der Waals surface area contributed by atoms with E-state index < -0.39 is 5.92 Å². The number of hydrogen-bond donors (Lipinski definition) is 0. The molecule has 0 aliphatic heterocycles. The van der Waals surface area contributed by atoms with Gasteiger partial charge in [-0.1, -0.05) is 110 Å². The Labute approximate surface area is 157 Å². The molecule has 0 fully saturated rings. The smallest absolute Gasteiger partial charge is 0.209 e. The van der Waals surface area contributed by atoms with Crippen molar-refractivity contribution in [1.29, 1.82) is 0 Å². The van der Waals surface area contributed by atoms with Crippen molar-refractivity contribution in [3.63, 3.8) is 0 Å². The first-order valence-corrected chi connectivity index (χ1v) is 11.2. The van der Waals surface area contributed by atoms with Crippen molar-refractivity contribution in [2.45, 2.75) is 129 Å². The van der Waals surface area contributed by atoms with E-state index in [1.165, 1.54) is 77.0 Å². The van der Waals surface area contributed by atoms with Gasteiger partial charge in [-0.15, -0.1) is 0 Å². The zero-order valence-corrected chi connectivity index (χ0v) is 17.1. The van der Waals surface area contributed by atoms with Gasteiger partial charge in [0.2, 0.25) is 6.29 Å². The number of rotatable bonds is 20. The van der Waals surface area contributed by atoms with E-state index in [4.69, 9.17) is 0 Å². The van der Waals surface area contributed by atoms with Gasteiger partial charge in [0.1, 0.15) is 5.78 Å². The van der Waals surface area contributed by atoms with Crippen LogP contribution in [-0.4, -0.2) is 12.1 Å². The van der Waals surface area contributed by atoms with Crippen LogP contribution in [0.3, 0.4) is 0 Å². The molecule has 0 N–H and O–H groups in total. The summed E-state index contributed by atoms with van der Waals surface area (Å²) in [6.07, 6.45) is 23.2. The van der Waals surface area contributed by atoms with Gasteiger partial charge in [-0.2, -0.15) is 0 Å². The number of carbonyl (C=O) groups is 1. The molecule has 0 aliphatic carbocycles. The molecule has 0 heterocycles. The van der Waals surface area contributed by atoms with Gasteiger partial charge >= 0.3 is 0 Å². The number of unbranched alkanes of at least 4 members (excludes halogenated alkanes) is 14. The highest BCUT2D eigenvalue weighted by Gasteiger charge is 2.17. The van der Waals surface area contributed by atoms with Gasteiger partial charge in [-0.05, 0) is 12.8 Å². The molecular weight excluding hydrogens is 308 g/mol. The molecule has 147 valence electrons. The fourth-order valence-electron chi connectivity index (χ4n) is 3.38. The maximum absolute atomic E-state index is 12.1. The first-order chi connectivity index (χ1) is 12.3. The lowest BCUT2D eigenvalue weighted by Gasteiger charge is -2.08. The Morgan fingerprint density at radius 3 is 1.48 bits per heavy atom. The lowest BCUT2D eigenvalue weighted by Crippen LogP contribution is -2.15. The van der Waals surface area contributed by atoms with E-state index in [0.717, 1.165) is 25.7 Å². The van der Waals surface area contributed by atoms with E-state index >= 15 is 0 Å². The lowest BCUT2D eigenvalue weighted by atomic mass is 9.94. The van der Waals surface area contributed by atoms with E-state index in [1.807, 2.05) is 6.29 Å². The van der Waals surface area contributed by atoms with Gasteiger partial charge in [-0.25, -0.2) is 0 Å². The maximum Gasteiger partial charge on any atom is 0.209 e. The zero-order chi connectivity index (χ0) is 18.6. The molecule has 2 heteroatoms. The largest absolute Gasteiger partial charge is 0.299 e. The predicted molar refractivity (Wildman–Crippen MR) is 109 cm³/mol. The Morgan fingerprint density at radius 2 is 1.04 bits per heavy atom. The fraction of sp³-hybridized carbons (Fsp3) is 0.913. The zero-order valence-electron chi connectivity index (χ0n) is 17.1. The molecule has 25 heavy (non-hydrogen) atoms. The minimum Gasteiger partial charge on any atom is -0.299 e. The van der Waals surface area contributed by atoms with Crippen molar-refractivity contribution >= 4 is 12.1 Å². The van der Waals surface area contributed by atoms with Crippen LogP contribution in [0.2, 0.25) is 0 Å². The molecule has 0 amide bonds. The summed E-state index contributed by atoms with van der Waals surface area (Å²) >= 11 is 0. The topological polar surface area (TPSA) is 34.1 Å². The molecular formula is C23H43O2. The van der Waals surface area contributed by atoms with E-state index in [2.05, 4.69) is 13.8 Å². The molecule has 0 aromatic heterocycles. The average Bonchev–Trinajstić information content (AvgIpc) is 2.62. The van der Waals surface area contributed by atoms with Crippen LogP contribution in [0, 0.1) is 5.92 Å². The summed E-state index contributed by atoms with van der Waals surface area (Å²) in [4.78, 5) is 23.2. The lowest BCUT2D eigenvalue weighted by molar-refractivity contribution is -0.121. The summed E-state index contributed by atoms with van der Waals surface area (Å²) in [5.41, 5.74) is 0. The van der Waals surface area contributed by atoms with E-state index in [-0.39, 0.29) is 5.78 Å². The van der Waals surface area contributed by atoms with Gasteiger partial charge in [0.05, 0.1) is 5.92 Å². The molecule has 0 saturated carbocycles. The minimum atomic E-state index is -0.454. The standard InChI is InChI=1S/C23H43O2/c1-3-5-7-9-11-13-15-17-19-22(21-24)23(25)20-18-16-14-12-10-8-6-4-2/h22H,3-20H2,1-2H3. The Morgan fingerprint density at radius 1 is 0.640 bits per heavy atom.